The van der Waals surface area contributed by atoms with Crippen LogP contribution in [-0.4, -0.2) is 31.4 Å². The zero-order valence-corrected chi connectivity index (χ0v) is 17.1. The van der Waals surface area contributed by atoms with E-state index in [2.05, 4.69) is 10.6 Å². The number of benzene rings is 2. The minimum absolute atomic E-state index is 0.0616. The van der Waals surface area contributed by atoms with Crippen molar-refractivity contribution >= 4 is 23.4 Å². The van der Waals surface area contributed by atoms with Gasteiger partial charge >= 0.3 is 0 Å². The van der Waals surface area contributed by atoms with Crippen LogP contribution < -0.4 is 21.1 Å². The Balaban J connectivity index is 1.66. The first-order valence-corrected chi connectivity index (χ1v) is 10.1. The second kappa shape index (κ2) is 9.91. The first-order valence-electron chi connectivity index (χ1n) is 10.1. The van der Waals surface area contributed by atoms with E-state index in [0.29, 0.717) is 17.7 Å². The number of ether oxygens (including phenoxy) is 1. The predicted molar refractivity (Wildman–Crippen MR) is 115 cm³/mol. The highest BCUT2D eigenvalue weighted by molar-refractivity contribution is 6.03. The number of hydrogen-bond acceptors (Lipinski definition) is 4. The molecule has 0 radical (unpaired) electrons. The number of aryl methyl sites for hydroxylation is 1. The fourth-order valence-electron chi connectivity index (χ4n) is 3.84. The molecule has 0 heterocycles. The Kier molecular flexibility index (Phi) is 7.06. The molecular weight excluding hydrogens is 382 g/mol. The van der Waals surface area contributed by atoms with Crippen molar-refractivity contribution in [2.24, 2.45) is 5.73 Å². The van der Waals surface area contributed by atoms with E-state index in [9.17, 15) is 14.4 Å². The number of nitrogens with one attached hydrogen (secondary N) is 2. The molecule has 30 heavy (non-hydrogen) atoms. The van der Waals surface area contributed by atoms with E-state index in [-0.39, 0.29) is 30.7 Å². The fourth-order valence-corrected chi connectivity index (χ4v) is 3.84. The first-order chi connectivity index (χ1) is 14.5. The number of carbonyl (C=O) groups excluding carboxylic acids is 3. The molecule has 1 unspecified atom stereocenters. The van der Waals surface area contributed by atoms with Crippen molar-refractivity contribution in [3.05, 3.63) is 59.2 Å². The number of amides is 3. The molecule has 0 aliphatic heterocycles. The lowest BCUT2D eigenvalue weighted by atomic mass is 9.81. The van der Waals surface area contributed by atoms with Crippen LogP contribution in [0.4, 0.5) is 5.69 Å². The smallest absolute Gasteiger partial charge is 0.253 e. The third kappa shape index (κ3) is 5.37. The topological polar surface area (TPSA) is 111 Å². The van der Waals surface area contributed by atoms with Crippen LogP contribution in [0.15, 0.2) is 42.5 Å². The van der Waals surface area contributed by atoms with Gasteiger partial charge in [0.25, 0.3) is 5.91 Å². The third-order valence-corrected chi connectivity index (χ3v) is 5.32. The van der Waals surface area contributed by atoms with Crippen molar-refractivity contribution in [2.45, 2.75) is 38.0 Å². The summed E-state index contributed by atoms with van der Waals surface area (Å²) >= 11 is 0. The number of anilines is 1. The zero-order valence-electron chi connectivity index (χ0n) is 17.1. The Bertz CT molecular complexity index is 942. The summed E-state index contributed by atoms with van der Waals surface area (Å²) in [5.74, 6) is -0.0167. The summed E-state index contributed by atoms with van der Waals surface area (Å²) in [7, 11) is 1.65. The van der Waals surface area contributed by atoms with Crippen LogP contribution in [0.2, 0.25) is 0 Å². The molecule has 0 saturated heterocycles. The van der Waals surface area contributed by atoms with Crippen molar-refractivity contribution in [1.82, 2.24) is 5.32 Å². The summed E-state index contributed by atoms with van der Waals surface area (Å²) in [6, 6.07) is 12.8. The normalized spacial score (nSPS) is 15.0. The van der Waals surface area contributed by atoms with Crippen LogP contribution in [-0.2, 0) is 16.0 Å². The lowest BCUT2D eigenvalue weighted by molar-refractivity contribution is -0.118. The highest BCUT2D eigenvalue weighted by Gasteiger charge is 2.24. The van der Waals surface area contributed by atoms with Crippen LogP contribution in [0.3, 0.4) is 0 Å². The average Bonchev–Trinajstić information content (AvgIpc) is 2.73. The van der Waals surface area contributed by atoms with E-state index in [1.54, 1.807) is 31.4 Å². The molecule has 158 valence electrons. The van der Waals surface area contributed by atoms with Crippen LogP contribution in [0, 0.1) is 0 Å². The van der Waals surface area contributed by atoms with Gasteiger partial charge in [-0.05, 0) is 60.6 Å². The van der Waals surface area contributed by atoms with Gasteiger partial charge in [-0.25, -0.2) is 0 Å². The molecule has 1 atom stereocenters. The largest absolute Gasteiger partial charge is 0.497 e. The SMILES string of the molecule is COc1ccc2c(c1)CCCC2CC(=O)Nc1ccccc1C(=O)NCCC(N)=O. The van der Waals surface area contributed by atoms with Gasteiger partial charge in [0.2, 0.25) is 11.8 Å². The minimum Gasteiger partial charge on any atom is -0.497 e. The van der Waals surface area contributed by atoms with Crippen molar-refractivity contribution < 1.29 is 19.1 Å². The summed E-state index contributed by atoms with van der Waals surface area (Å²) in [6.45, 7) is 0.152. The Labute approximate surface area is 176 Å². The summed E-state index contributed by atoms with van der Waals surface area (Å²) in [5.41, 5.74) is 8.32. The van der Waals surface area contributed by atoms with Gasteiger partial charge < -0.3 is 21.1 Å². The van der Waals surface area contributed by atoms with Gasteiger partial charge in [-0.2, -0.15) is 0 Å². The quantitative estimate of drug-likeness (QED) is 0.622. The maximum atomic E-state index is 12.8. The highest BCUT2D eigenvalue weighted by atomic mass is 16.5. The Hall–Kier alpha value is -3.35. The molecular formula is C23H27N3O4. The number of methoxy groups -OCH3 is 1. The molecule has 1 aliphatic carbocycles. The van der Waals surface area contributed by atoms with E-state index < -0.39 is 5.91 Å². The maximum Gasteiger partial charge on any atom is 0.253 e. The van der Waals surface area contributed by atoms with Crippen molar-refractivity contribution in [3.8, 4) is 5.75 Å². The van der Waals surface area contributed by atoms with Gasteiger partial charge in [-0.15, -0.1) is 0 Å². The second-order valence-electron chi connectivity index (χ2n) is 7.42. The minimum atomic E-state index is -0.484. The van der Waals surface area contributed by atoms with Crippen LogP contribution in [0.1, 0.15) is 53.1 Å². The number of nitrogens with two attached hydrogens (primary N) is 1. The molecule has 4 N–H and O–H groups in total. The molecule has 0 bridgehead atoms. The van der Waals surface area contributed by atoms with Gasteiger partial charge in [-0.3, -0.25) is 14.4 Å². The highest BCUT2D eigenvalue weighted by Crippen LogP contribution is 2.36. The Morgan fingerprint density at radius 1 is 1.17 bits per heavy atom. The number of primary amides is 1. The Morgan fingerprint density at radius 2 is 1.97 bits per heavy atom. The number of carbonyl (C=O) groups is 3. The molecule has 0 fully saturated rings. The van der Waals surface area contributed by atoms with E-state index in [1.165, 1.54) is 11.1 Å². The molecule has 7 nitrogen and oxygen atoms in total. The molecule has 3 amide bonds. The van der Waals surface area contributed by atoms with Crippen molar-refractivity contribution in [1.29, 1.82) is 0 Å². The van der Waals surface area contributed by atoms with Gasteiger partial charge in [0, 0.05) is 19.4 Å². The van der Waals surface area contributed by atoms with Crippen LogP contribution >= 0.6 is 0 Å². The zero-order chi connectivity index (χ0) is 21.5. The second-order valence-corrected chi connectivity index (χ2v) is 7.42. The summed E-state index contributed by atoms with van der Waals surface area (Å²) < 4.78 is 5.31. The molecule has 7 heteroatoms. The van der Waals surface area contributed by atoms with Gasteiger partial charge in [-0.1, -0.05) is 18.2 Å². The van der Waals surface area contributed by atoms with Crippen molar-refractivity contribution in [3.63, 3.8) is 0 Å². The summed E-state index contributed by atoms with van der Waals surface area (Å²) in [6.07, 6.45) is 3.36. The molecule has 0 spiro atoms. The third-order valence-electron chi connectivity index (χ3n) is 5.32. The number of fused-ring (bicyclic) bond motifs is 1. The molecule has 2 aromatic rings. The Morgan fingerprint density at radius 3 is 2.73 bits per heavy atom. The van der Waals surface area contributed by atoms with Crippen LogP contribution in [0.25, 0.3) is 0 Å². The lowest BCUT2D eigenvalue weighted by Crippen LogP contribution is -2.29. The molecule has 3 rings (SSSR count). The van der Waals surface area contributed by atoms with E-state index >= 15 is 0 Å². The van der Waals surface area contributed by atoms with E-state index in [4.69, 9.17) is 10.5 Å². The molecule has 1 aliphatic rings. The van der Waals surface area contributed by atoms with E-state index in [0.717, 1.165) is 25.0 Å². The summed E-state index contributed by atoms with van der Waals surface area (Å²) in [4.78, 5) is 36.0. The lowest BCUT2D eigenvalue weighted by Gasteiger charge is -2.25. The number of rotatable bonds is 8. The van der Waals surface area contributed by atoms with Gasteiger partial charge in [0.1, 0.15) is 5.75 Å². The average molecular weight is 409 g/mol. The standard InChI is InChI=1S/C23H27N3O4/c1-30-17-9-10-18-15(13-17)5-4-6-16(18)14-22(28)26-20-8-3-2-7-19(20)23(29)25-12-11-21(24)27/h2-3,7-10,13,16H,4-6,11-12,14H2,1H3,(H2,24,27)(H,25,29)(H,26,28). The number of hydrogen-bond donors (Lipinski definition) is 3. The molecule has 0 aromatic heterocycles. The van der Waals surface area contributed by atoms with Gasteiger partial charge in [0.05, 0.1) is 18.4 Å². The predicted octanol–water partition coefficient (Wildman–Crippen LogP) is 2.75. The molecule has 2 aromatic carbocycles. The van der Waals surface area contributed by atoms with Crippen molar-refractivity contribution in [2.75, 3.05) is 19.0 Å². The monoisotopic (exact) mass is 409 g/mol. The fraction of sp³-hybridized carbons (Fsp3) is 0.348. The maximum absolute atomic E-state index is 12.8. The van der Waals surface area contributed by atoms with E-state index in [1.807, 2.05) is 18.2 Å². The molecule has 0 saturated carbocycles. The van der Waals surface area contributed by atoms with Gasteiger partial charge in [0.15, 0.2) is 0 Å². The van der Waals surface area contributed by atoms with Crippen LogP contribution in [0.5, 0.6) is 5.75 Å². The summed E-state index contributed by atoms with van der Waals surface area (Å²) in [5, 5.41) is 5.52. The first kappa shape index (κ1) is 21.4. The number of para-hydroxylation sites is 1.